The van der Waals surface area contributed by atoms with Crippen molar-refractivity contribution in [1.82, 2.24) is 29.1 Å². The van der Waals surface area contributed by atoms with Crippen LogP contribution in [0.5, 0.6) is 0 Å². The van der Waals surface area contributed by atoms with Crippen LogP contribution in [0.3, 0.4) is 0 Å². The number of rotatable bonds is 5. The second-order valence-electron chi connectivity index (χ2n) is 12.0. The van der Waals surface area contributed by atoms with Crippen LogP contribution in [-0.4, -0.2) is 120 Å². The number of carbonyl (C=O) groups is 1. The molecule has 18 heteroatoms. The average Bonchev–Trinajstić information content (AvgIpc) is 2.95. The normalized spacial score (nSPS) is 20.0. The Morgan fingerprint density at radius 1 is 1.02 bits per heavy atom. The van der Waals surface area contributed by atoms with Crippen molar-refractivity contribution in [2.24, 2.45) is 10.9 Å². The molecule has 0 radical (unpaired) electrons. The number of carbonyl (C=O) groups excluding carboxylic acids is 1. The van der Waals surface area contributed by atoms with Gasteiger partial charge < -0.3 is 19.3 Å². The van der Waals surface area contributed by atoms with Crippen molar-refractivity contribution in [3.8, 4) is 11.4 Å². The topological polar surface area (TPSA) is 155 Å². The van der Waals surface area contributed by atoms with Gasteiger partial charge in [0.05, 0.1) is 37.1 Å². The van der Waals surface area contributed by atoms with E-state index in [2.05, 4.69) is 20.3 Å². The Labute approximate surface area is 259 Å². The van der Waals surface area contributed by atoms with Crippen molar-refractivity contribution in [3.05, 3.63) is 18.1 Å². The number of alkyl halides is 3. The van der Waals surface area contributed by atoms with Gasteiger partial charge in [0, 0.05) is 64.0 Å². The number of hydrogen-bond donors (Lipinski definition) is 1. The number of anilines is 2. The Kier molecular flexibility index (Phi) is 9.19. The van der Waals surface area contributed by atoms with Crippen LogP contribution < -0.4 is 10.2 Å². The standard InChI is InChI=1S/C27H36F3N9O5S/c1-26(2,3)44-25(40)36-24-31-15-18(16-32-24)21-33-19-13-17(14-27(28,29)30)22(37-5-7-39(8-6-37)45(4,41)42)34-20(19)23(35-21)38-9-11-43-12-10-38/h15-17H,5-14H2,1-4H3,(H,31,32,36,40). The van der Waals surface area contributed by atoms with Crippen LogP contribution in [0.15, 0.2) is 17.4 Å². The van der Waals surface area contributed by atoms with Gasteiger partial charge in [-0.25, -0.2) is 38.1 Å². The largest absolute Gasteiger partial charge is 0.444 e. The molecule has 0 aliphatic carbocycles. The second-order valence-corrected chi connectivity index (χ2v) is 14.0. The molecular weight excluding hydrogens is 619 g/mol. The number of morpholine rings is 1. The van der Waals surface area contributed by atoms with Crippen LogP contribution in [0, 0.1) is 5.92 Å². The number of fused-ring (bicyclic) bond motifs is 1. The van der Waals surface area contributed by atoms with Gasteiger partial charge in [-0.15, -0.1) is 0 Å². The molecule has 14 nitrogen and oxygen atoms in total. The summed E-state index contributed by atoms with van der Waals surface area (Å²) < 4.78 is 77.6. The van der Waals surface area contributed by atoms with Crippen LogP contribution in [0.25, 0.3) is 11.4 Å². The Balaban J connectivity index is 1.50. The molecule has 1 unspecified atom stereocenters. The van der Waals surface area contributed by atoms with Gasteiger partial charge >= 0.3 is 12.3 Å². The van der Waals surface area contributed by atoms with E-state index in [1.165, 1.54) is 16.7 Å². The van der Waals surface area contributed by atoms with E-state index in [1.54, 1.807) is 25.7 Å². The van der Waals surface area contributed by atoms with Crippen molar-refractivity contribution in [1.29, 1.82) is 0 Å². The summed E-state index contributed by atoms with van der Waals surface area (Å²) in [5.41, 5.74) is 0.406. The first-order chi connectivity index (χ1) is 21.1. The van der Waals surface area contributed by atoms with Gasteiger partial charge in [-0.3, -0.25) is 5.32 Å². The molecule has 0 bridgehead atoms. The average molecular weight is 656 g/mol. The highest BCUT2D eigenvalue weighted by Crippen LogP contribution is 2.41. The third kappa shape index (κ3) is 8.35. The lowest BCUT2D eigenvalue weighted by atomic mass is 9.92. The minimum absolute atomic E-state index is 0.00480. The number of amides is 1. The number of nitrogens with zero attached hydrogens (tertiary/aromatic N) is 8. The first-order valence-electron chi connectivity index (χ1n) is 14.5. The van der Waals surface area contributed by atoms with E-state index in [-0.39, 0.29) is 50.2 Å². The molecule has 246 valence electrons. The molecular formula is C27H36F3N9O5S. The van der Waals surface area contributed by atoms with Crippen molar-refractivity contribution in [2.45, 2.75) is 45.4 Å². The fourth-order valence-electron chi connectivity index (χ4n) is 5.32. The second kappa shape index (κ2) is 12.6. The van der Waals surface area contributed by atoms with Crippen molar-refractivity contribution in [3.63, 3.8) is 0 Å². The number of aromatic nitrogens is 4. The first-order valence-corrected chi connectivity index (χ1v) is 16.3. The van der Waals surface area contributed by atoms with E-state index in [9.17, 15) is 26.4 Å². The van der Waals surface area contributed by atoms with E-state index >= 15 is 0 Å². The highest BCUT2D eigenvalue weighted by atomic mass is 32.2. The molecule has 3 aliphatic rings. The zero-order valence-electron chi connectivity index (χ0n) is 25.5. The van der Waals surface area contributed by atoms with Gasteiger partial charge in [0.25, 0.3) is 0 Å². The minimum Gasteiger partial charge on any atom is -0.444 e. The van der Waals surface area contributed by atoms with E-state index in [0.29, 0.717) is 49.1 Å². The van der Waals surface area contributed by atoms with E-state index < -0.39 is 40.2 Å². The minimum atomic E-state index is -4.47. The predicted molar refractivity (Wildman–Crippen MR) is 159 cm³/mol. The van der Waals surface area contributed by atoms with Gasteiger partial charge in [-0.05, 0) is 20.8 Å². The molecule has 2 saturated heterocycles. The molecule has 2 aromatic heterocycles. The zero-order chi connectivity index (χ0) is 32.6. The third-order valence-electron chi connectivity index (χ3n) is 7.31. The van der Waals surface area contributed by atoms with Crippen LogP contribution in [0.2, 0.25) is 0 Å². The van der Waals surface area contributed by atoms with Crippen molar-refractivity contribution < 1.29 is 35.9 Å². The molecule has 5 heterocycles. The summed E-state index contributed by atoms with van der Waals surface area (Å²) in [7, 11) is -3.43. The Hall–Kier alpha value is -3.64. The lowest BCUT2D eigenvalue weighted by molar-refractivity contribution is -0.140. The van der Waals surface area contributed by atoms with Crippen LogP contribution >= 0.6 is 0 Å². The number of nitrogens with one attached hydrogen (secondary N) is 1. The molecule has 45 heavy (non-hydrogen) atoms. The van der Waals surface area contributed by atoms with Gasteiger partial charge in [0.2, 0.25) is 16.0 Å². The molecule has 0 spiro atoms. The van der Waals surface area contributed by atoms with Gasteiger partial charge in [0.15, 0.2) is 11.6 Å². The molecule has 1 N–H and O–H groups in total. The number of hydrogen-bond acceptors (Lipinski definition) is 12. The van der Waals surface area contributed by atoms with Crippen LogP contribution in [0.4, 0.5) is 35.4 Å². The Bertz CT molecular complexity index is 1530. The SMILES string of the molecule is CC(C)(C)OC(=O)Nc1ncc(-c2nc3c(c(N4CCOCC4)n2)N=C(N2CCN(S(C)(=O)=O)CC2)C(CC(F)(F)F)C3)cn1. The van der Waals surface area contributed by atoms with Gasteiger partial charge in [-0.1, -0.05) is 0 Å². The summed E-state index contributed by atoms with van der Waals surface area (Å²) in [6.45, 7) is 7.73. The quantitative estimate of drug-likeness (QED) is 0.506. The van der Waals surface area contributed by atoms with Gasteiger partial charge in [-0.2, -0.15) is 17.5 Å². The van der Waals surface area contributed by atoms with Crippen LogP contribution in [-0.2, 0) is 25.9 Å². The van der Waals surface area contributed by atoms with E-state index in [0.717, 1.165) is 6.26 Å². The molecule has 2 aromatic rings. The predicted octanol–water partition coefficient (Wildman–Crippen LogP) is 2.85. The summed E-state index contributed by atoms with van der Waals surface area (Å²) in [5, 5.41) is 2.45. The number of aliphatic imine (C=N–C) groups is 1. The summed E-state index contributed by atoms with van der Waals surface area (Å²) >= 11 is 0. The maximum absolute atomic E-state index is 13.8. The fourth-order valence-corrected chi connectivity index (χ4v) is 6.15. The van der Waals surface area contributed by atoms with Crippen molar-refractivity contribution >= 4 is 39.4 Å². The Morgan fingerprint density at radius 2 is 1.67 bits per heavy atom. The molecule has 0 aromatic carbocycles. The summed E-state index contributed by atoms with van der Waals surface area (Å²) in [5.74, 6) is -0.133. The lowest BCUT2D eigenvalue weighted by Gasteiger charge is -2.39. The van der Waals surface area contributed by atoms with E-state index in [4.69, 9.17) is 19.5 Å². The number of amidine groups is 1. The maximum atomic E-state index is 13.8. The number of ether oxygens (including phenoxy) is 2. The zero-order valence-corrected chi connectivity index (χ0v) is 26.3. The number of piperazine rings is 1. The fraction of sp³-hybridized carbons (Fsp3) is 0.630. The monoisotopic (exact) mass is 655 g/mol. The number of sulfonamides is 1. The molecule has 0 saturated carbocycles. The third-order valence-corrected chi connectivity index (χ3v) is 8.62. The molecule has 2 fully saturated rings. The van der Waals surface area contributed by atoms with Crippen molar-refractivity contribution in [2.75, 3.05) is 69.0 Å². The highest BCUT2D eigenvalue weighted by molar-refractivity contribution is 7.88. The van der Waals surface area contributed by atoms with Crippen LogP contribution in [0.1, 0.15) is 32.9 Å². The van der Waals surface area contributed by atoms with Gasteiger partial charge in [0.1, 0.15) is 17.1 Å². The summed E-state index contributed by atoms with van der Waals surface area (Å²) in [4.78, 5) is 38.4. The maximum Gasteiger partial charge on any atom is 0.414 e. The molecule has 1 amide bonds. The van der Waals surface area contributed by atoms with E-state index in [1.807, 2.05) is 4.90 Å². The highest BCUT2D eigenvalue weighted by Gasteiger charge is 2.40. The first kappa shape index (κ1) is 32.7. The Morgan fingerprint density at radius 3 is 2.24 bits per heavy atom. The smallest absolute Gasteiger partial charge is 0.414 e. The molecule has 5 rings (SSSR count). The summed E-state index contributed by atoms with van der Waals surface area (Å²) in [6, 6.07) is 0. The lowest BCUT2D eigenvalue weighted by Crippen LogP contribution is -2.52. The number of halogens is 3. The molecule has 1 atom stereocenters. The summed E-state index contributed by atoms with van der Waals surface area (Å²) in [6.07, 6.45) is -2.41. The molecule has 3 aliphatic heterocycles.